The zero-order valence-electron chi connectivity index (χ0n) is 4.05. The van der Waals surface area contributed by atoms with Gasteiger partial charge in [0.15, 0.2) is 0 Å². The van der Waals surface area contributed by atoms with Crippen LogP contribution in [0.3, 0.4) is 0 Å². The molecule has 0 bridgehead atoms. The second-order valence-corrected chi connectivity index (χ2v) is 0.882. The lowest BCUT2D eigenvalue weighted by Crippen LogP contribution is -1.92. The van der Waals surface area contributed by atoms with E-state index in [1.54, 1.807) is 0 Å². The quantitative estimate of drug-likeness (QED) is 0.351. The van der Waals surface area contributed by atoms with Gasteiger partial charge in [-0.1, -0.05) is 6.08 Å². The smallest absolute Gasteiger partial charge is 0.330 e. The summed E-state index contributed by atoms with van der Waals surface area (Å²) in [6, 6.07) is 0. The molecule has 7 heavy (non-hydrogen) atoms. The lowest BCUT2D eigenvalue weighted by molar-refractivity contribution is -0.134. The average molecular weight is 98.1 g/mol. The van der Waals surface area contributed by atoms with E-state index in [4.69, 9.17) is 6.92 Å². The van der Waals surface area contributed by atoms with Gasteiger partial charge in [0.1, 0.15) is 0 Å². The van der Waals surface area contributed by atoms with Crippen molar-refractivity contribution < 1.29 is 9.53 Å². The summed E-state index contributed by atoms with van der Waals surface area (Å²) >= 11 is 0. The molecule has 0 atom stereocenters. The topological polar surface area (TPSA) is 26.3 Å². The third-order valence-electron chi connectivity index (χ3n) is 0.433. The van der Waals surface area contributed by atoms with Gasteiger partial charge in [-0.15, -0.1) is 0 Å². The van der Waals surface area contributed by atoms with E-state index in [0.29, 0.717) is 0 Å². The van der Waals surface area contributed by atoms with Gasteiger partial charge in [0.2, 0.25) is 0 Å². The molecule has 0 amide bonds. The second-order valence-electron chi connectivity index (χ2n) is 0.882. The van der Waals surface area contributed by atoms with Crippen molar-refractivity contribution in [3.8, 4) is 0 Å². The maximum Gasteiger partial charge on any atom is 0.330 e. The fraction of sp³-hybridized carbons (Fsp3) is 0.200. The van der Waals surface area contributed by atoms with Crippen LogP contribution in [0, 0.1) is 6.92 Å². The van der Waals surface area contributed by atoms with Gasteiger partial charge >= 0.3 is 5.97 Å². The number of hydrogen-bond donors (Lipinski definition) is 0. The van der Waals surface area contributed by atoms with Crippen molar-refractivity contribution in [2.24, 2.45) is 0 Å². The first-order valence-electron chi connectivity index (χ1n) is 1.77. The lowest BCUT2D eigenvalue weighted by atomic mass is 10.5. The number of esters is 1. The molecule has 0 heterocycles. The van der Waals surface area contributed by atoms with Gasteiger partial charge in [0.05, 0.1) is 7.11 Å². The Morgan fingerprint density at radius 3 is 2.57 bits per heavy atom. The molecule has 2 nitrogen and oxygen atoms in total. The molecule has 0 rings (SSSR count). The SMILES string of the molecule is [CH]C=CC(=O)OC. The van der Waals surface area contributed by atoms with Crippen LogP contribution in [0.5, 0.6) is 0 Å². The molecule has 0 N–H and O–H groups in total. The van der Waals surface area contributed by atoms with Crippen LogP contribution < -0.4 is 0 Å². The van der Waals surface area contributed by atoms with E-state index in [9.17, 15) is 4.79 Å². The molecular formula is C5H6O2. The number of rotatable bonds is 1. The first-order chi connectivity index (χ1) is 3.31. The molecule has 0 aliphatic heterocycles. The van der Waals surface area contributed by atoms with E-state index in [-0.39, 0.29) is 0 Å². The summed E-state index contributed by atoms with van der Waals surface area (Å²) in [6.07, 6.45) is 2.27. The van der Waals surface area contributed by atoms with Crippen molar-refractivity contribution in [1.82, 2.24) is 0 Å². The highest BCUT2D eigenvalue weighted by Crippen LogP contribution is 1.73. The fourth-order valence-electron chi connectivity index (χ4n) is 0.147. The van der Waals surface area contributed by atoms with Crippen LogP contribution in [0.1, 0.15) is 0 Å². The largest absolute Gasteiger partial charge is 0.466 e. The Morgan fingerprint density at radius 1 is 1.86 bits per heavy atom. The zero-order valence-corrected chi connectivity index (χ0v) is 4.05. The van der Waals surface area contributed by atoms with Crippen LogP contribution in [0.4, 0.5) is 0 Å². The highest BCUT2D eigenvalue weighted by Gasteiger charge is 1.84. The third-order valence-corrected chi connectivity index (χ3v) is 0.433. The minimum atomic E-state index is -0.428. The number of hydrogen-bond acceptors (Lipinski definition) is 2. The highest BCUT2D eigenvalue weighted by molar-refractivity contribution is 5.81. The van der Waals surface area contributed by atoms with Crippen molar-refractivity contribution in [3.05, 3.63) is 19.1 Å². The average Bonchev–Trinajstić information content (AvgIpc) is 1.68. The summed E-state index contributed by atoms with van der Waals surface area (Å²) in [5.74, 6) is -0.428. The number of allylic oxidation sites excluding steroid dienone is 1. The lowest BCUT2D eigenvalue weighted by Gasteiger charge is -1.84. The molecule has 0 unspecified atom stereocenters. The number of methoxy groups -OCH3 is 1. The molecule has 0 aliphatic carbocycles. The monoisotopic (exact) mass is 98.0 g/mol. The molecule has 2 heteroatoms. The summed E-state index contributed by atoms with van der Waals surface area (Å²) in [5.41, 5.74) is 0. The minimum Gasteiger partial charge on any atom is -0.466 e. The maximum atomic E-state index is 10.0. The van der Waals surface area contributed by atoms with Crippen molar-refractivity contribution in [2.45, 2.75) is 0 Å². The first kappa shape index (κ1) is 6.21. The van der Waals surface area contributed by atoms with Gasteiger partial charge in [0, 0.05) is 6.08 Å². The second kappa shape index (κ2) is 3.40. The van der Waals surface area contributed by atoms with Crippen molar-refractivity contribution in [3.63, 3.8) is 0 Å². The molecule has 0 aromatic carbocycles. The summed E-state index contributed by atoms with van der Waals surface area (Å²) in [5, 5.41) is 0. The number of carbonyl (C=O) groups excluding carboxylic acids is 1. The molecule has 0 aliphatic rings. The predicted octanol–water partition coefficient (Wildman–Crippen LogP) is 0.427. The molecular weight excluding hydrogens is 92.1 g/mol. The van der Waals surface area contributed by atoms with Crippen molar-refractivity contribution >= 4 is 5.97 Å². The van der Waals surface area contributed by atoms with Crippen LogP contribution >= 0.6 is 0 Å². The van der Waals surface area contributed by atoms with Crippen LogP contribution in [-0.2, 0) is 9.53 Å². The van der Waals surface area contributed by atoms with Gasteiger partial charge < -0.3 is 4.74 Å². The molecule has 2 radical (unpaired) electrons. The summed E-state index contributed by atoms with van der Waals surface area (Å²) in [6.45, 7) is 4.82. The van der Waals surface area contributed by atoms with E-state index in [2.05, 4.69) is 4.74 Å². The predicted molar refractivity (Wildman–Crippen MR) is 25.5 cm³/mol. The summed E-state index contributed by atoms with van der Waals surface area (Å²) in [7, 11) is 1.29. The molecule has 0 aromatic heterocycles. The van der Waals surface area contributed by atoms with Gasteiger partial charge in [-0.2, -0.15) is 0 Å². The maximum absolute atomic E-state index is 10.0. The first-order valence-corrected chi connectivity index (χ1v) is 1.77. The Balaban J connectivity index is 3.37. The molecule has 0 spiro atoms. The van der Waals surface area contributed by atoms with Crippen molar-refractivity contribution in [1.29, 1.82) is 0 Å². The van der Waals surface area contributed by atoms with Crippen molar-refractivity contribution in [2.75, 3.05) is 7.11 Å². The van der Waals surface area contributed by atoms with Gasteiger partial charge in [-0.25, -0.2) is 4.79 Å². The van der Waals surface area contributed by atoms with Gasteiger partial charge in [0.25, 0.3) is 0 Å². The zero-order chi connectivity index (χ0) is 5.70. The van der Waals surface area contributed by atoms with E-state index in [0.717, 1.165) is 12.2 Å². The van der Waals surface area contributed by atoms with Gasteiger partial charge in [-0.05, 0) is 6.92 Å². The Hall–Kier alpha value is -0.790. The van der Waals surface area contributed by atoms with Crippen LogP contribution in [-0.4, -0.2) is 13.1 Å². The van der Waals surface area contributed by atoms with Crippen LogP contribution in [0.2, 0.25) is 0 Å². The molecule has 0 fully saturated rings. The summed E-state index contributed by atoms with van der Waals surface area (Å²) < 4.78 is 4.18. The Kier molecular flexibility index (Phi) is 3.02. The number of ether oxygens (including phenoxy) is 1. The number of carbonyl (C=O) groups is 1. The summed E-state index contributed by atoms with van der Waals surface area (Å²) in [4.78, 5) is 10.0. The van der Waals surface area contributed by atoms with E-state index < -0.39 is 5.97 Å². The normalized spacial score (nSPS) is 9.43. The van der Waals surface area contributed by atoms with Crippen LogP contribution in [0.15, 0.2) is 12.2 Å². The third kappa shape index (κ3) is 3.03. The molecule has 38 valence electrons. The van der Waals surface area contributed by atoms with E-state index in [1.165, 1.54) is 7.11 Å². The Labute approximate surface area is 42.8 Å². The minimum absolute atomic E-state index is 0.428. The molecule has 0 aromatic rings. The van der Waals surface area contributed by atoms with Gasteiger partial charge in [-0.3, -0.25) is 0 Å². The van der Waals surface area contributed by atoms with Crippen LogP contribution in [0.25, 0.3) is 0 Å². The fourth-order valence-corrected chi connectivity index (χ4v) is 0.147. The van der Waals surface area contributed by atoms with E-state index in [1.807, 2.05) is 0 Å². The standard InChI is InChI=1S/C5H6O2/c1-3-4-5(6)7-2/h1,3-4H,2H3. The Bertz CT molecular complexity index is 84.1. The highest BCUT2D eigenvalue weighted by atomic mass is 16.5. The Morgan fingerprint density at radius 2 is 2.43 bits per heavy atom. The molecule has 0 saturated heterocycles. The van der Waals surface area contributed by atoms with E-state index >= 15 is 0 Å². The molecule has 0 saturated carbocycles.